The van der Waals surface area contributed by atoms with E-state index in [0.717, 1.165) is 28.4 Å². The molecule has 61 heavy (non-hydrogen) atoms. The van der Waals surface area contributed by atoms with Gasteiger partial charge in [-0.3, -0.25) is 0 Å². The molecule has 2 heterocycles. The Morgan fingerprint density at radius 3 is 1.74 bits per heavy atom. The summed E-state index contributed by atoms with van der Waals surface area (Å²) in [5, 5.41) is 2.53. The van der Waals surface area contributed by atoms with Gasteiger partial charge >= 0.3 is 0 Å². The van der Waals surface area contributed by atoms with E-state index in [1.165, 1.54) is 76.4 Å². The number of fused-ring (bicyclic) bond motifs is 8. The molecule has 0 saturated carbocycles. The molecule has 12 rings (SSSR count). The first kappa shape index (κ1) is 35.7. The van der Waals surface area contributed by atoms with Crippen molar-refractivity contribution < 1.29 is 0 Å². The predicted molar refractivity (Wildman–Crippen MR) is 257 cm³/mol. The van der Waals surface area contributed by atoms with Crippen LogP contribution in [0.1, 0.15) is 25.0 Å². The van der Waals surface area contributed by atoms with Crippen molar-refractivity contribution in [1.29, 1.82) is 0 Å². The van der Waals surface area contributed by atoms with Crippen molar-refractivity contribution in [1.82, 2.24) is 4.57 Å². The summed E-state index contributed by atoms with van der Waals surface area (Å²) >= 11 is 1.85. The zero-order chi connectivity index (χ0) is 40.7. The van der Waals surface area contributed by atoms with Gasteiger partial charge in [0.15, 0.2) is 0 Å². The van der Waals surface area contributed by atoms with Gasteiger partial charge in [0.25, 0.3) is 0 Å². The highest BCUT2D eigenvalue weighted by Crippen LogP contribution is 2.53. The Hall–Kier alpha value is -7.27. The number of hydrogen-bond acceptors (Lipinski definition) is 3. The first-order valence-electron chi connectivity index (χ1n) is 21.0. The molecular formula is C57H41N3S. The normalized spacial score (nSPS) is 13.4. The van der Waals surface area contributed by atoms with Gasteiger partial charge in [-0.15, -0.1) is 0 Å². The molecule has 0 amide bonds. The average molecular weight is 800 g/mol. The SMILES string of the molecule is CC1(C)c2ccccc2-c2ccc(N(c3ccc(-c4ccc5c(c4)Sc4ccccc4N5c4ccccc4)cc3)c3ccc(-n4c5ccccc5c5ccccc54)cc3)cc21. The minimum absolute atomic E-state index is 0.112. The van der Waals surface area contributed by atoms with Gasteiger partial charge < -0.3 is 14.4 Å². The number of hydrogen-bond donors (Lipinski definition) is 0. The lowest BCUT2D eigenvalue weighted by Crippen LogP contribution is -2.16. The lowest BCUT2D eigenvalue weighted by atomic mass is 9.82. The zero-order valence-electron chi connectivity index (χ0n) is 34.0. The van der Waals surface area contributed by atoms with Crippen molar-refractivity contribution in [3.8, 4) is 27.9 Å². The van der Waals surface area contributed by atoms with Crippen molar-refractivity contribution in [2.75, 3.05) is 9.80 Å². The summed E-state index contributed by atoms with van der Waals surface area (Å²) in [6.45, 7) is 4.71. The maximum absolute atomic E-state index is 2.42. The van der Waals surface area contributed by atoms with Gasteiger partial charge in [-0.2, -0.15) is 0 Å². The van der Waals surface area contributed by atoms with E-state index >= 15 is 0 Å². The Balaban J connectivity index is 0.950. The van der Waals surface area contributed by atoms with E-state index in [-0.39, 0.29) is 5.41 Å². The molecule has 3 nitrogen and oxygen atoms in total. The number of para-hydroxylation sites is 4. The molecule has 0 spiro atoms. The summed E-state index contributed by atoms with van der Waals surface area (Å²) in [4.78, 5) is 7.30. The third-order valence-corrected chi connectivity index (χ3v) is 13.9. The van der Waals surface area contributed by atoms with Crippen LogP contribution < -0.4 is 9.80 Å². The maximum atomic E-state index is 2.42. The summed E-state index contributed by atoms with van der Waals surface area (Å²) in [5.74, 6) is 0. The van der Waals surface area contributed by atoms with Crippen LogP contribution in [0.5, 0.6) is 0 Å². The molecule has 0 bridgehead atoms. The molecule has 0 unspecified atom stereocenters. The molecule has 0 atom stereocenters. The van der Waals surface area contributed by atoms with Gasteiger partial charge in [-0.25, -0.2) is 0 Å². The molecule has 1 aliphatic heterocycles. The molecule has 4 heteroatoms. The van der Waals surface area contributed by atoms with Crippen LogP contribution in [-0.2, 0) is 5.41 Å². The standard InChI is InChI=1S/C57H41N3S/c1-57(2)49-19-9-6-16-45(49)46-34-33-44(37-50(46)57)58(42-29-31-43(32-30-42)59-51-20-10-7-17-47(51)48-18-8-11-21-52(48)59)41-27-24-38(25-28-41)39-26-35-54-56(36-39)61-55-23-13-12-22-53(55)60(54)40-14-4-3-5-15-40/h3-37H,1-2H3. The molecule has 2 aliphatic rings. The Kier molecular flexibility index (Phi) is 8.13. The quantitative estimate of drug-likeness (QED) is 0.166. The van der Waals surface area contributed by atoms with Crippen LogP contribution in [-0.4, -0.2) is 4.57 Å². The third-order valence-electron chi connectivity index (χ3n) is 12.8. The van der Waals surface area contributed by atoms with Crippen molar-refractivity contribution in [2.24, 2.45) is 0 Å². The van der Waals surface area contributed by atoms with E-state index in [1.54, 1.807) is 0 Å². The molecule has 1 aliphatic carbocycles. The minimum atomic E-state index is -0.112. The maximum Gasteiger partial charge on any atom is 0.0602 e. The number of benzene rings is 9. The van der Waals surface area contributed by atoms with Crippen LogP contribution in [0.2, 0.25) is 0 Å². The first-order chi connectivity index (χ1) is 30.0. The van der Waals surface area contributed by atoms with Crippen LogP contribution in [0.25, 0.3) is 49.7 Å². The van der Waals surface area contributed by atoms with Gasteiger partial charge in [0.1, 0.15) is 0 Å². The Labute approximate surface area is 360 Å². The van der Waals surface area contributed by atoms with Gasteiger partial charge in [0, 0.05) is 54.4 Å². The number of rotatable bonds is 6. The number of nitrogens with zero attached hydrogens (tertiary/aromatic N) is 3. The van der Waals surface area contributed by atoms with Crippen molar-refractivity contribution in [3.63, 3.8) is 0 Å². The molecule has 0 fully saturated rings. The molecular weight excluding hydrogens is 759 g/mol. The van der Waals surface area contributed by atoms with Crippen molar-refractivity contribution in [2.45, 2.75) is 29.1 Å². The lowest BCUT2D eigenvalue weighted by molar-refractivity contribution is 0.660. The summed E-state index contributed by atoms with van der Waals surface area (Å²) in [7, 11) is 0. The van der Waals surface area contributed by atoms with Crippen LogP contribution in [0.4, 0.5) is 34.1 Å². The van der Waals surface area contributed by atoms with E-state index in [4.69, 9.17) is 0 Å². The highest BCUT2D eigenvalue weighted by molar-refractivity contribution is 7.99. The second-order valence-electron chi connectivity index (χ2n) is 16.6. The molecule has 10 aromatic rings. The highest BCUT2D eigenvalue weighted by Gasteiger charge is 2.36. The highest BCUT2D eigenvalue weighted by atomic mass is 32.2. The van der Waals surface area contributed by atoms with Crippen LogP contribution in [0.15, 0.2) is 222 Å². The fourth-order valence-electron chi connectivity index (χ4n) is 9.82. The minimum Gasteiger partial charge on any atom is -0.310 e. The lowest BCUT2D eigenvalue weighted by Gasteiger charge is -2.33. The molecule has 0 radical (unpaired) electrons. The van der Waals surface area contributed by atoms with Crippen LogP contribution in [0, 0.1) is 0 Å². The monoisotopic (exact) mass is 799 g/mol. The smallest absolute Gasteiger partial charge is 0.0602 e. The van der Waals surface area contributed by atoms with Crippen molar-refractivity contribution >= 4 is 67.7 Å². The predicted octanol–water partition coefficient (Wildman–Crippen LogP) is 16.2. The van der Waals surface area contributed by atoms with Gasteiger partial charge in [-0.05, 0) is 130 Å². The second kappa shape index (κ2) is 13.9. The number of aromatic nitrogens is 1. The van der Waals surface area contributed by atoms with E-state index in [1.807, 2.05) is 11.8 Å². The Morgan fingerprint density at radius 2 is 0.984 bits per heavy atom. The summed E-state index contributed by atoms with van der Waals surface area (Å²) in [6.07, 6.45) is 0. The van der Waals surface area contributed by atoms with Gasteiger partial charge in [-0.1, -0.05) is 141 Å². The van der Waals surface area contributed by atoms with Crippen molar-refractivity contribution in [3.05, 3.63) is 223 Å². The Morgan fingerprint density at radius 1 is 0.410 bits per heavy atom. The van der Waals surface area contributed by atoms with E-state index in [0.29, 0.717) is 0 Å². The summed E-state index contributed by atoms with van der Waals surface area (Å²) in [6, 6.07) is 77.8. The molecule has 290 valence electrons. The molecule has 9 aromatic carbocycles. The number of anilines is 6. The third kappa shape index (κ3) is 5.67. The van der Waals surface area contributed by atoms with Crippen LogP contribution in [0.3, 0.4) is 0 Å². The summed E-state index contributed by atoms with van der Waals surface area (Å²) < 4.78 is 2.39. The molecule has 1 aromatic heterocycles. The topological polar surface area (TPSA) is 11.4 Å². The van der Waals surface area contributed by atoms with E-state index in [9.17, 15) is 0 Å². The van der Waals surface area contributed by atoms with E-state index in [2.05, 4.69) is 241 Å². The zero-order valence-corrected chi connectivity index (χ0v) is 34.8. The molecule has 0 saturated heterocycles. The van der Waals surface area contributed by atoms with Crippen LogP contribution >= 0.6 is 11.8 Å². The van der Waals surface area contributed by atoms with Gasteiger partial charge in [0.2, 0.25) is 0 Å². The fraction of sp³-hybridized carbons (Fsp3) is 0.0526. The Bertz CT molecular complexity index is 3250. The van der Waals surface area contributed by atoms with Gasteiger partial charge in [0.05, 0.1) is 22.4 Å². The summed E-state index contributed by atoms with van der Waals surface area (Å²) in [5.41, 5.74) is 18.2. The largest absolute Gasteiger partial charge is 0.310 e. The molecule has 0 N–H and O–H groups in total. The second-order valence-corrected chi connectivity index (χ2v) is 17.7. The fourth-order valence-corrected chi connectivity index (χ4v) is 10.9. The van der Waals surface area contributed by atoms with E-state index < -0.39 is 0 Å². The first-order valence-corrected chi connectivity index (χ1v) is 21.8. The average Bonchev–Trinajstić information content (AvgIpc) is 3.77.